The summed E-state index contributed by atoms with van der Waals surface area (Å²) in [6.45, 7) is 9.22. The van der Waals surface area contributed by atoms with Gasteiger partial charge in [0.15, 0.2) is 0 Å². The highest BCUT2D eigenvalue weighted by atomic mass is 32.2. The largest absolute Gasteiger partial charge is 0.497 e. The van der Waals surface area contributed by atoms with Crippen LogP contribution in [0.15, 0.2) is 41.6 Å². The Morgan fingerprint density at radius 1 is 1.02 bits per heavy atom. The van der Waals surface area contributed by atoms with Gasteiger partial charge in [-0.05, 0) is 120 Å². The van der Waals surface area contributed by atoms with Crippen molar-refractivity contribution in [3.63, 3.8) is 0 Å². The molecule has 9 nitrogen and oxygen atoms in total. The SMILES string of the molecule is COc1cc(C)c(S(=O)(=O)N2CCCC[C@H]2COCC(=O)N2CCC(CCCN3CCCC3)(c3cccnc3)CC2)c(C)c1. The molecular weight excluding hydrogens is 576 g/mol. The minimum Gasteiger partial charge on any atom is -0.497 e. The summed E-state index contributed by atoms with van der Waals surface area (Å²) in [5.74, 6) is 0.627. The van der Waals surface area contributed by atoms with Gasteiger partial charge >= 0.3 is 0 Å². The monoisotopic (exact) mass is 626 g/mol. The topological polar surface area (TPSA) is 92.3 Å². The lowest BCUT2D eigenvalue weighted by Crippen LogP contribution is -2.48. The van der Waals surface area contributed by atoms with E-state index in [1.807, 2.05) is 37.2 Å². The van der Waals surface area contributed by atoms with Crippen LogP contribution in [0.4, 0.5) is 0 Å². The van der Waals surface area contributed by atoms with Crippen molar-refractivity contribution < 1.29 is 22.7 Å². The number of aryl methyl sites for hydroxylation is 2. The van der Waals surface area contributed by atoms with Gasteiger partial charge in [-0.3, -0.25) is 9.78 Å². The predicted molar refractivity (Wildman–Crippen MR) is 171 cm³/mol. The molecule has 1 aromatic heterocycles. The molecule has 0 unspecified atom stereocenters. The van der Waals surface area contributed by atoms with Crippen LogP contribution in [0.3, 0.4) is 0 Å². The Balaban J connectivity index is 1.16. The van der Waals surface area contributed by atoms with Gasteiger partial charge in [0.25, 0.3) is 0 Å². The van der Waals surface area contributed by atoms with E-state index in [1.165, 1.54) is 31.5 Å². The van der Waals surface area contributed by atoms with E-state index in [2.05, 4.69) is 16.0 Å². The number of hydrogen-bond acceptors (Lipinski definition) is 7. The third-order valence-corrected chi connectivity index (χ3v) is 12.3. The molecule has 5 rings (SSSR count). The number of benzene rings is 1. The van der Waals surface area contributed by atoms with Gasteiger partial charge in [0, 0.05) is 43.5 Å². The lowest BCUT2D eigenvalue weighted by Gasteiger charge is -2.42. The summed E-state index contributed by atoms with van der Waals surface area (Å²) in [5, 5.41) is 0. The van der Waals surface area contributed by atoms with Crippen LogP contribution in [0.25, 0.3) is 0 Å². The van der Waals surface area contributed by atoms with Gasteiger partial charge < -0.3 is 19.3 Å². The second-order valence-electron chi connectivity index (χ2n) is 12.9. The summed E-state index contributed by atoms with van der Waals surface area (Å²) in [5.41, 5.74) is 2.67. The van der Waals surface area contributed by atoms with Gasteiger partial charge in [-0.15, -0.1) is 0 Å². The lowest BCUT2D eigenvalue weighted by atomic mass is 9.70. The molecule has 0 bridgehead atoms. The zero-order valence-corrected chi connectivity index (χ0v) is 27.6. The molecular formula is C34H50N4O5S. The zero-order valence-electron chi connectivity index (χ0n) is 26.8. The van der Waals surface area contributed by atoms with E-state index < -0.39 is 10.0 Å². The van der Waals surface area contributed by atoms with Crippen LogP contribution in [0, 0.1) is 13.8 Å². The molecule has 10 heteroatoms. The van der Waals surface area contributed by atoms with Gasteiger partial charge in [-0.25, -0.2) is 8.42 Å². The first-order chi connectivity index (χ1) is 21.2. The van der Waals surface area contributed by atoms with Crippen molar-refractivity contribution in [3.05, 3.63) is 53.3 Å². The Labute approximate surface area is 264 Å². The minimum atomic E-state index is -3.73. The quantitative estimate of drug-likeness (QED) is 0.337. The summed E-state index contributed by atoms with van der Waals surface area (Å²) in [6.07, 6.45) is 13.0. The number of carbonyl (C=O) groups is 1. The minimum absolute atomic E-state index is 0.0195. The summed E-state index contributed by atoms with van der Waals surface area (Å²) in [4.78, 5) is 22.5. The second kappa shape index (κ2) is 14.7. The third kappa shape index (κ3) is 7.46. The van der Waals surface area contributed by atoms with E-state index in [0.29, 0.717) is 41.4 Å². The number of piperidine rings is 2. The van der Waals surface area contributed by atoms with Crippen LogP contribution in [0.2, 0.25) is 0 Å². The molecule has 1 aromatic carbocycles. The number of aromatic nitrogens is 1. The van der Waals surface area contributed by atoms with Crippen LogP contribution in [0.5, 0.6) is 5.75 Å². The number of hydrogen-bond donors (Lipinski definition) is 0. The van der Waals surface area contributed by atoms with Crippen LogP contribution in [0.1, 0.15) is 74.5 Å². The predicted octanol–water partition coefficient (Wildman–Crippen LogP) is 4.70. The highest BCUT2D eigenvalue weighted by molar-refractivity contribution is 7.89. The highest BCUT2D eigenvalue weighted by Crippen LogP contribution is 2.40. The molecule has 44 heavy (non-hydrogen) atoms. The summed E-state index contributed by atoms with van der Waals surface area (Å²) < 4.78 is 40.6. The van der Waals surface area contributed by atoms with Crippen molar-refractivity contribution in [1.82, 2.24) is 19.1 Å². The zero-order chi connectivity index (χ0) is 31.2. The van der Waals surface area contributed by atoms with E-state index in [4.69, 9.17) is 9.47 Å². The van der Waals surface area contributed by atoms with Crippen LogP contribution in [-0.2, 0) is 25.0 Å². The van der Waals surface area contributed by atoms with E-state index in [-0.39, 0.29) is 30.6 Å². The molecule has 1 atom stereocenters. The molecule has 242 valence electrons. The fourth-order valence-corrected chi connectivity index (χ4v) is 9.67. The first-order valence-electron chi connectivity index (χ1n) is 16.4. The van der Waals surface area contributed by atoms with Crippen LogP contribution < -0.4 is 4.74 Å². The van der Waals surface area contributed by atoms with Gasteiger partial charge in [0.2, 0.25) is 15.9 Å². The maximum absolute atomic E-state index is 13.9. The Kier molecular flexibility index (Phi) is 11.0. The number of carbonyl (C=O) groups excluding carboxylic acids is 1. The smallest absolute Gasteiger partial charge is 0.248 e. The first kappa shape index (κ1) is 32.9. The Hall–Kier alpha value is -2.53. The highest BCUT2D eigenvalue weighted by Gasteiger charge is 2.38. The van der Waals surface area contributed by atoms with Crippen molar-refractivity contribution in [2.24, 2.45) is 0 Å². The molecule has 0 radical (unpaired) electrons. The molecule has 0 aliphatic carbocycles. The molecule has 3 aliphatic heterocycles. The van der Waals surface area contributed by atoms with Crippen molar-refractivity contribution >= 4 is 15.9 Å². The van der Waals surface area contributed by atoms with Gasteiger partial charge in [-0.1, -0.05) is 12.5 Å². The number of likely N-dealkylation sites (tertiary alicyclic amines) is 2. The summed E-state index contributed by atoms with van der Waals surface area (Å²) in [6, 6.07) is 7.46. The fourth-order valence-electron chi connectivity index (χ4n) is 7.57. The molecule has 0 N–H and O–H groups in total. The second-order valence-corrected chi connectivity index (χ2v) is 14.8. The standard InChI is InChI=1S/C34H50N4O5S/c1-27-22-31(42-3)23-28(2)33(27)44(40,41)38-19-5-4-11-30(38)25-43-26-32(39)37-20-13-34(14-21-37,29-10-8-15-35-24-29)12-9-18-36-16-6-7-17-36/h8,10,15,22-24,30H,4-7,9,11-14,16-21,25-26H2,1-3H3/t30-/m0/s1. The number of nitrogens with zero attached hydrogens (tertiary/aromatic N) is 4. The van der Waals surface area contributed by atoms with Crippen molar-refractivity contribution in [2.75, 3.05) is 59.6 Å². The summed E-state index contributed by atoms with van der Waals surface area (Å²) >= 11 is 0. The maximum atomic E-state index is 13.9. The normalized spacial score (nSPS) is 21.4. The van der Waals surface area contributed by atoms with E-state index in [9.17, 15) is 13.2 Å². The van der Waals surface area contributed by atoms with Crippen LogP contribution >= 0.6 is 0 Å². The van der Waals surface area contributed by atoms with Crippen molar-refractivity contribution in [1.29, 1.82) is 0 Å². The fraction of sp³-hybridized carbons (Fsp3) is 0.647. The Morgan fingerprint density at radius 2 is 1.73 bits per heavy atom. The molecule has 3 saturated heterocycles. The number of sulfonamides is 1. The number of methoxy groups -OCH3 is 1. The van der Waals surface area contributed by atoms with Crippen LogP contribution in [-0.4, -0.2) is 99.0 Å². The Morgan fingerprint density at radius 3 is 2.39 bits per heavy atom. The molecule has 1 amide bonds. The van der Waals surface area contributed by atoms with E-state index >= 15 is 0 Å². The van der Waals surface area contributed by atoms with E-state index in [0.717, 1.165) is 51.5 Å². The van der Waals surface area contributed by atoms with E-state index in [1.54, 1.807) is 23.5 Å². The lowest BCUT2D eigenvalue weighted by molar-refractivity contribution is -0.138. The van der Waals surface area contributed by atoms with Gasteiger partial charge in [0.1, 0.15) is 12.4 Å². The van der Waals surface area contributed by atoms with Gasteiger partial charge in [-0.2, -0.15) is 4.31 Å². The molecule has 0 saturated carbocycles. The number of amides is 1. The summed E-state index contributed by atoms with van der Waals surface area (Å²) in [7, 11) is -2.14. The molecule has 3 aliphatic rings. The number of rotatable bonds is 12. The molecule has 3 fully saturated rings. The third-order valence-electron chi connectivity index (χ3n) is 10.0. The first-order valence-corrected chi connectivity index (χ1v) is 17.8. The number of ether oxygens (including phenoxy) is 2. The Bertz CT molecular complexity index is 1330. The molecule has 2 aromatic rings. The van der Waals surface area contributed by atoms with Gasteiger partial charge in [0.05, 0.1) is 18.6 Å². The maximum Gasteiger partial charge on any atom is 0.248 e. The number of pyridine rings is 1. The average Bonchev–Trinajstić information content (AvgIpc) is 3.55. The molecule has 0 spiro atoms. The van der Waals surface area contributed by atoms with Crippen molar-refractivity contribution in [2.45, 2.75) is 88.0 Å². The molecule has 4 heterocycles. The average molecular weight is 627 g/mol. The van der Waals surface area contributed by atoms with Crippen molar-refractivity contribution in [3.8, 4) is 5.75 Å².